The number of fused-ring (bicyclic) bond motifs is 1. The Morgan fingerprint density at radius 1 is 1.13 bits per heavy atom. The molecule has 0 bridgehead atoms. The van der Waals surface area contributed by atoms with E-state index in [0.29, 0.717) is 17.1 Å². The molecule has 152 valence electrons. The first-order chi connectivity index (χ1) is 14.5. The van der Waals surface area contributed by atoms with E-state index in [0.717, 1.165) is 27.8 Å². The Morgan fingerprint density at radius 2 is 1.97 bits per heavy atom. The Labute approximate surface area is 180 Å². The van der Waals surface area contributed by atoms with Crippen LogP contribution in [0.4, 0.5) is 0 Å². The van der Waals surface area contributed by atoms with Crippen molar-refractivity contribution in [2.24, 2.45) is 0 Å². The van der Waals surface area contributed by atoms with E-state index in [9.17, 15) is 4.79 Å². The smallest absolute Gasteiger partial charge is 0.251 e. The minimum Gasteiger partial charge on any atom is -0.497 e. The summed E-state index contributed by atoms with van der Waals surface area (Å²) in [6.45, 7) is 2.53. The zero-order valence-electron chi connectivity index (χ0n) is 16.8. The predicted molar refractivity (Wildman–Crippen MR) is 119 cm³/mol. The number of ether oxygens (including phenoxy) is 1. The summed E-state index contributed by atoms with van der Waals surface area (Å²) >= 11 is 6.10. The van der Waals surface area contributed by atoms with Crippen LogP contribution in [0, 0.1) is 0 Å². The highest BCUT2D eigenvalue weighted by Crippen LogP contribution is 2.21. The second-order valence-electron chi connectivity index (χ2n) is 7.18. The van der Waals surface area contributed by atoms with Crippen LogP contribution in [-0.4, -0.2) is 22.8 Å². The van der Waals surface area contributed by atoms with Crippen LogP contribution < -0.4 is 10.1 Å². The Morgan fingerprint density at radius 3 is 2.77 bits per heavy atom. The zero-order chi connectivity index (χ0) is 21.1. The van der Waals surface area contributed by atoms with Gasteiger partial charge in [-0.05, 0) is 54.4 Å². The van der Waals surface area contributed by atoms with Crippen LogP contribution in [0.2, 0.25) is 5.02 Å². The standard InChI is InChI=1S/C24H22ClN3O2/c1-16(18-6-4-8-22(12-18)30-2)27-24(29)19-9-10-20-14-26-28(23(20)13-19)15-17-5-3-7-21(25)11-17/h3-14,16H,15H2,1-2H3,(H,27,29)/t16-/m0/s1. The number of methoxy groups -OCH3 is 1. The van der Waals surface area contributed by atoms with Crippen molar-refractivity contribution in [3.05, 3.63) is 94.6 Å². The van der Waals surface area contributed by atoms with Gasteiger partial charge in [-0.2, -0.15) is 5.10 Å². The van der Waals surface area contributed by atoms with Crippen molar-refractivity contribution < 1.29 is 9.53 Å². The van der Waals surface area contributed by atoms with Gasteiger partial charge in [0.1, 0.15) is 5.75 Å². The van der Waals surface area contributed by atoms with Gasteiger partial charge in [0.2, 0.25) is 0 Å². The highest BCUT2D eigenvalue weighted by Gasteiger charge is 2.14. The SMILES string of the molecule is COc1cccc([C@H](C)NC(=O)c2ccc3cnn(Cc4cccc(Cl)c4)c3c2)c1. The van der Waals surface area contributed by atoms with E-state index in [1.807, 2.05) is 78.3 Å². The van der Waals surface area contributed by atoms with Crippen molar-refractivity contribution in [1.29, 1.82) is 0 Å². The molecule has 0 aliphatic rings. The van der Waals surface area contributed by atoms with Crippen LogP contribution in [0.3, 0.4) is 0 Å². The number of nitrogens with zero attached hydrogens (tertiary/aromatic N) is 2. The summed E-state index contributed by atoms with van der Waals surface area (Å²) in [7, 11) is 1.63. The van der Waals surface area contributed by atoms with Crippen LogP contribution in [0.25, 0.3) is 10.9 Å². The molecule has 0 saturated carbocycles. The molecule has 0 fully saturated rings. The van der Waals surface area contributed by atoms with E-state index in [2.05, 4.69) is 10.4 Å². The van der Waals surface area contributed by atoms with Gasteiger partial charge in [0, 0.05) is 16.0 Å². The normalized spacial score (nSPS) is 12.0. The van der Waals surface area contributed by atoms with Gasteiger partial charge in [-0.1, -0.05) is 41.9 Å². The molecule has 6 heteroatoms. The summed E-state index contributed by atoms with van der Waals surface area (Å²) in [5.41, 5.74) is 3.52. The summed E-state index contributed by atoms with van der Waals surface area (Å²) in [4.78, 5) is 12.9. The molecule has 30 heavy (non-hydrogen) atoms. The second-order valence-corrected chi connectivity index (χ2v) is 7.61. The first-order valence-corrected chi connectivity index (χ1v) is 10.1. The van der Waals surface area contributed by atoms with E-state index in [1.165, 1.54) is 0 Å². The molecular weight excluding hydrogens is 398 g/mol. The number of nitrogens with one attached hydrogen (secondary N) is 1. The molecule has 0 radical (unpaired) electrons. The number of benzene rings is 3. The lowest BCUT2D eigenvalue weighted by atomic mass is 10.1. The third-order valence-electron chi connectivity index (χ3n) is 5.07. The Balaban J connectivity index is 1.55. The molecule has 1 N–H and O–H groups in total. The summed E-state index contributed by atoms with van der Waals surface area (Å²) in [5.74, 6) is 0.627. The highest BCUT2D eigenvalue weighted by atomic mass is 35.5. The van der Waals surface area contributed by atoms with E-state index in [1.54, 1.807) is 13.3 Å². The van der Waals surface area contributed by atoms with Gasteiger partial charge in [0.25, 0.3) is 5.91 Å². The fourth-order valence-corrected chi connectivity index (χ4v) is 3.63. The second kappa shape index (κ2) is 8.59. The van der Waals surface area contributed by atoms with E-state index < -0.39 is 0 Å². The molecule has 0 unspecified atom stereocenters. The largest absolute Gasteiger partial charge is 0.497 e. The number of rotatable bonds is 6. The molecule has 1 amide bonds. The van der Waals surface area contributed by atoms with Crippen molar-refractivity contribution >= 4 is 28.4 Å². The Kier molecular flexibility index (Phi) is 5.72. The van der Waals surface area contributed by atoms with Crippen LogP contribution >= 0.6 is 11.6 Å². The maximum absolute atomic E-state index is 12.9. The van der Waals surface area contributed by atoms with Crippen LogP contribution in [0.15, 0.2) is 72.9 Å². The van der Waals surface area contributed by atoms with Crippen molar-refractivity contribution in [3.63, 3.8) is 0 Å². The van der Waals surface area contributed by atoms with E-state index in [4.69, 9.17) is 16.3 Å². The number of amides is 1. The Hall–Kier alpha value is -3.31. The minimum atomic E-state index is -0.153. The predicted octanol–water partition coefficient (Wildman–Crippen LogP) is 5.24. The highest BCUT2D eigenvalue weighted by molar-refractivity contribution is 6.30. The number of hydrogen-bond donors (Lipinski definition) is 1. The summed E-state index contributed by atoms with van der Waals surface area (Å²) in [6.07, 6.45) is 1.81. The summed E-state index contributed by atoms with van der Waals surface area (Å²) < 4.78 is 7.15. The topological polar surface area (TPSA) is 56.1 Å². The quantitative estimate of drug-likeness (QED) is 0.465. The van der Waals surface area contributed by atoms with Gasteiger partial charge in [0.15, 0.2) is 0 Å². The average Bonchev–Trinajstić information content (AvgIpc) is 3.15. The number of aromatic nitrogens is 2. The van der Waals surface area contributed by atoms with Crippen molar-refractivity contribution in [3.8, 4) is 5.75 Å². The molecule has 0 aliphatic carbocycles. The van der Waals surface area contributed by atoms with Crippen LogP contribution in [0.1, 0.15) is 34.5 Å². The maximum atomic E-state index is 12.9. The zero-order valence-corrected chi connectivity index (χ0v) is 17.6. The average molecular weight is 420 g/mol. The third-order valence-corrected chi connectivity index (χ3v) is 5.30. The van der Waals surface area contributed by atoms with Crippen molar-refractivity contribution in [2.45, 2.75) is 19.5 Å². The van der Waals surface area contributed by atoms with Gasteiger partial charge in [-0.25, -0.2) is 0 Å². The summed E-state index contributed by atoms with van der Waals surface area (Å²) in [5, 5.41) is 9.20. The first-order valence-electron chi connectivity index (χ1n) is 9.68. The van der Waals surface area contributed by atoms with Crippen LogP contribution in [-0.2, 0) is 6.54 Å². The van der Waals surface area contributed by atoms with Crippen LogP contribution in [0.5, 0.6) is 5.75 Å². The fourth-order valence-electron chi connectivity index (χ4n) is 3.42. The molecular formula is C24H22ClN3O2. The van der Waals surface area contributed by atoms with Gasteiger partial charge in [-0.15, -0.1) is 0 Å². The van der Waals surface area contributed by atoms with E-state index in [-0.39, 0.29) is 11.9 Å². The molecule has 1 heterocycles. The molecule has 5 nitrogen and oxygen atoms in total. The van der Waals surface area contributed by atoms with Crippen molar-refractivity contribution in [1.82, 2.24) is 15.1 Å². The fraction of sp³-hybridized carbons (Fsp3) is 0.167. The van der Waals surface area contributed by atoms with E-state index >= 15 is 0 Å². The number of hydrogen-bond acceptors (Lipinski definition) is 3. The lowest BCUT2D eigenvalue weighted by Crippen LogP contribution is -2.26. The third kappa shape index (κ3) is 4.31. The molecule has 3 aromatic carbocycles. The van der Waals surface area contributed by atoms with Gasteiger partial charge in [-0.3, -0.25) is 9.48 Å². The molecule has 4 rings (SSSR count). The molecule has 0 aliphatic heterocycles. The van der Waals surface area contributed by atoms with Gasteiger partial charge < -0.3 is 10.1 Å². The lowest BCUT2D eigenvalue weighted by molar-refractivity contribution is 0.0940. The molecule has 0 saturated heterocycles. The molecule has 0 spiro atoms. The van der Waals surface area contributed by atoms with Gasteiger partial charge >= 0.3 is 0 Å². The van der Waals surface area contributed by atoms with Crippen molar-refractivity contribution in [2.75, 3.05) is 7.11 Å². The van der Waals surface area contributed by atoms with Gasteiger partial charge in [0.05, 0.1) is 31.4 Å². The number of halogens is 1. The summed E-state index contributed by atoms with van der Waals surface area (Å²) in [6, 6.07) is 20.8. The maximum Gasteiger partial charge on any atom is 0.251 e. The Bertz CT molecular complexity index is 1200. The molecule has 1 atom stereocenters. The number of carbonyl (C=O) groups is 1. The lowest BCUT2D eigenvalue weighted by Gasteiger charge is -2.15. The molecule has 1 aromatic heterocycles. The molecule has 4 aromatic rings. The monoisotopic (exact) mass is 419 g/mol. The minimum absolute atomic E-state index is 0.136. The first kappa shape index (κ1) is 20.0. The number of carbonyl (C=O) groups excluding carboxylic acids is 1.